The molecule has 1 fully saturated rings. The lowest BCUT2D eigenvalue weighted by Crippen LogP contribution is -2.33. The molecular formula is C23H19NO7. The first kappa shape index (κ1) is 18.1. The largest absolute Gasteiger partial charge is 0.497 e. The van der Waals surface area contributed by atoms with Gasteiger partial charge in [-0.2, -0.15) is 0 Å². The Balaban J connectivity index is 1.36. The molecule has 1 saturated heterocycles. The van der Waals surface area contributed by atoms with E-state index in [1.165, 1.54) is 0 Å². The molecule has 0 spiro atoms. The molecule has 1 aliphatic carbocycles. The number of nitrogens with one attached hydrogen (secondary N) is 1. The van der Waals surface area contributed by atoms with Gasteiger partial charge in [0.25, 0.3) is 0 Å². The third-order valence-electron chi connectivity index (χ3n) is 6.29. The minimum Gasteiger partial charge on any atom is -0.497 e. The van der Waals surface area contributed by atoms with Crippen LogP contribution in [0.25, 0.3) is 10.9 Å². The third-order valence-corrected chi connectivity index (χ3v) is 6.29. The molecule has 0 radical (unpaired) electrons. The van der Waals surface area contributed by atoms with Crippen LogP contribution in [0.4, 0.5) is 0 Å². The molecule has 1 aromatic heterocycles. The van der Waals surface area contributed by atoms with Crippen molar-refractivity contribution in [1.82, 2.24) is 4.98 Å². The summed E-state index contributed by atoms with van der Waals surface area (Å²) in [6.07, 6.45) is -0.0986. The Bertz CT molecular complexity index is 1230. The molecule has 2 aliphatic heterocycles. The van der Waals surface area contributed by atoms with E-state index in [-0.39, 0.29) is 31.2 Å². The monoisotopic (exact) mass is 421 g/mol. The molecule has 158 valence electrons. The SMILES string of the molecule is COc1ccc2[nH]c(C(=O)OC3c4cc5c(cc4C[C@H]4C(=O)OCC34)OCO5)cc2c1. The number of cyclic esters (lactones) is 1. The maximum absolute atomic E-state index is 13.1. The summed E-state index contributed by atoms with van der Waals surface area (Å²) in [4.78, 5) is 28.5. The van der Waals surface area contributed by atoms with Crippen molar-refractivity contribution >= 4 is 22.8 Å². The van der Waals surface area contributed by atoms with Gasteiger partial charge in [0.15, 0.2) is 11.5 Å². The summed E-state index contributed by atoms with van der Waals surface area (Å²) >= 11 is 0. The lowest BCUT2D eigenvalue weighted by atomic mass is 9.75. The molecule has 3 aromatic rings. The molecule has 3 heterocycles. The number of fused-ring (bicyclic) bond motifs is 4. The summed E-state index contributed by atoms with van der Waals surface area (Å²) in [6.45, 7) is 0.370. The molecule has 6 rings (SSSR count). The van der Waals surface area contributed by atoms with Crippen LogP contribution in [0.3, 0.4) is 0 Å². The van der Waals surface area contributed by atoms with Gasteiger partial charge in [-0.25, -0.2) is 4.79 Å². The number of H-pyrrole nitrogens is 1. The molecular weight excluding hydrogens is 402 g/mol. The van der Waals surface area contributed by atoms with Crippen LogP contribution in [0, 0.1) is 11.8 Å². The molecule has 0 bridgehead atoms. The summed E-state index contributed by atoms with van der Waals surface area (Å²) in [6, 6.07) is 11.0. The first-order valence-electron chi connectivity index (χ1n) is 10.1. The van der Waals surface area contributed by atoms with E-state index in [0.29, 0.717) is 29.4 Å². The molecule has 31 heavy (non-hydrogen) atoms. The average Bonchev–Trinajstić information content (AvgIpc) is 3.50. The van der Waals surface area contributed by atoms with E-state index in [1.807, 2.05) is 30.3 Å². The molecule has 0 saturated carbocycles. The standard InChI is InChI=1S/C23H19NO7/c1-27-13-2-3-17-12(4-13)6-18(24-17)23(26)31-21-14-8-20-19(29-10-30-20)7-11(14)5-15-16(21)9-28-22(15)25/h2-4,6-8,15-16,21,24H,5,9-10H2,1H3/t15-,16?,21?/m1/s1. The Morgan fingerprint density at radius 3 is 2.77 bits per heavy atom. The van der Waals surface area contributed by atoms with Gasteiger partial charge in [-0.3, -0.25) is 4.79 Å². The van der Waals surface area contributed by atoms with Crippen LogP contribution in [0.15, 0.2) is 36.4 Å². The third kappa shape index (κ3) is 2.82. The molecule has 1 N–H and O–H groups in total. The van der Waals surface area contributed by atoms with Crippen molar-refractivity contribution in [2.75, 3.05) is 20.5 Å². The van der Waals surface area contributed by atoms with Gasteiger partial charge in [0.1, 0.15) is 17.5 Å². The highest BCUT2D eigenvalue weighted by atomic mass is 16.7. The van der Waals surface area contributed by atoms with Crippen LogP contribution < -0.4 is 14.2 Å². The summed E-state index contributed by atoms with van der Waals surface area (Å²) in [7, 11) is 1.59. The molecule has 8 nitrogen and oxygen atoms in total. The Kier molecular flexibility index (Phi) is 3.89. The summed E-state index contributed by atoms with van der Waals surface area (Å²) in [5.74, 6) is 0.606. The summed E-state index contributed by atoms with van der Waals surface area (Å²) < 4.78 is 27.5. The van der Waals surface area contributed by atoms with Crippen molar-refractivity contribution in [3.63, 3.8) is 0 Å². The van der Waals surface area contributed by atoms with E-state index in [0.717, 1.165) is 22.0 Å². The second-order valence-electron chi connectivity index (χ2n) is 7.97. The van der Waals surface area contributed by atoms with Crippen LogP contribution in [0.1, 0.15) is 27.7 Å². The second-order valence-corrected chi connectivity index (χ2v) is 7.97. The van der Waals surface area contributed by atoms with E-state index in [1.54, 1.807) is 13.2 Å². The van der Waals surface area contributed by atoms with Gasteiger partial charge < -0.3 is 28.7 Å². The Morgan fingerprint density at radius 1 is 1.10 bits per heavy atom. The Labute approximate surface area is 177 Å². The van der Waals surface area contributed by atoms with Gasteiger partial charge >= 0.3 is 11.9 Å². The van der Waals surface area contributed by atoms with Gasteiger partial charge in [0.05, 0.1) is 19.6 Å². The van der Waals surface area contributed by atoms with Crippen molar-refractivity contribution < 1.29 is 33.3 Å². The van der Waals surface area contributed by atoms with Crippen molar-refractivity contribution in [2.45, 2.75) is 12.5 Å². The minimum absolute atomic E-state index is 0.149. The molecule has 3 atom stereocenters. The number of aromatic nitrogens is 1. The lowest BCUT2D eigenvalue weighted by Gasteiger charge is -2.32. The number of carbonyl (C=O) groups is 2. The Hall–Kier alpha value is -3.68. The van der Waals surface area contributed by atoms with Crippen molar-refractivity contribution in [2.24, 2.45) is 11.8 Å². The number of hydrogen-bond acceptors (Lipinski definition) is 7. The van der Waals surface area contributed by atoms with Crippen LogP contribution in [-0.2, 0) is 20.7 Å². The minimum atomic E-state index is -0.622. The normalized spacial score (nSPS) is 23.3. The zero-order valence-electron chi connectivity index (χ0n) is 16.7. The van der Waals surface area contributed by atoms with Crippen LogP contribution in [-0.4, -0.2) is 37.4 Å². The first-order chi connectivity index (χ1) is 15.1. The zero-order chi connectivity index (χ0) is 21.1. The number of rotatable bonds is 3. The van der Waals surface area contributed by atoms with E-state index in [9.17, 15) is 9.59 Å². The van der Waals surface area contributed by atoms with Crippen LogP contribution in [0.5, 0.6) is 17.2 Å². The second kappa shape index (κ2) is 6.66. The molecule has 8 heteroatoms. The molecule has 2 aromatic carbocycles. The predicted molar refractivity (Wildman–Crippen MR) is 107 cm³/mol. The highest BCUT2D eigenvalue weighted by Crippen LogP contribution is 2.48. The topological polar surface area (TPSA) is 96.1 Å². The highest BCUT2D eigenvalue weighted by molar-refractivity contribution is 5.95. The summed E-state index contributed by atoms with van der Waals surface area (Å²) in [5, 5.41) is 0.843. The molecule has 0 amide bonds. The van der Waals surface area contributed by atoms with Crippen molar-refractivity contribution in [3.8, 4) is 17.2 Å². The number of carbonyl (C=O) groups excluding carboxylic acids is 2. The quantitative estimate of drug-likeness (QED) is 0.649. The number of hydrogen-bond donors (Lipinski definition) is 1. The fourth-order valence-corrected chi connectivity index (χ4v) is 4.70. The number of aromatic amines is 1. The highest BCUT2D eigenvalue weighted by Gasteiger charge is 2.48. The van der Waals surface area contributed by atoms with E-state index < -0.39 is 12.1 Å². The van der Waals surface area contributed by atoms with Gasteiger partial charge in [0.2, 0.25) is 6.79 Å². The zero-order valence-corrected chi connectivity index (χ0v) is 16.7. The Morgan fingerprint density at radius 2 is 1.94 bits per heavy atom. The smallest absolute Gasteiger partial charge is 0.355 e. The van der Waals surface area contributed by atoms with Gasteiger partial charge in [0, 0.05) is 22.4 Å². The number of ether oxygens (including phenoxy) is 5. The number of esters is 2. The van der Waals surface area contributed by atoms with Crippen LogP contribution in [0.2, 0.25) is 0 Å². The maximum atomic E-state index is 13.1. The van der Waals surface area contributed by atoms with Crippen molar-refractivity contribution in [1.29, 1.82) is 0 Å². The van der Waals surface area contributed by atoms with E-state index >= 15 is 0 Å². The molecule has 3 aliphatic rings. The van der Waals surface area contributed by atoms with Gasteiger partial charge in [-0.1, -0.05) is 0 Å². The first-order valence-corrected chi connectivity index (χ1v) is 10.1. The predicted octanol–water partition coefficient (Wildman–Crippen LogP) is 3.15. The van der Waals surface area contributed by atoms with Crippen LogP contribution >= 0.6 is 0 Å². The maximum Gasteiger partial charge on any atom is 0.355 e. The van der Waals surface area contributed by atoms with Gasteiger partial charge in [-0.15, -0.1) is 0 Å². The van der Waals surface area contributed by atoms with Gasteiger partial charge in [-0.05, 0) is 48.4 Å². The number of methoxy groups -OCH3 is 1. The lowest BCUT2D eigenvalue weighted by molar-refractivity contribution is -0.141. The summed E-state index contributed by atoms with van der Waals surface area (Å²) in [5.41, 5.74) is 2.87. The molecule has 2 unspecified atom stereocenters. The fraction of sp³-hybridized carbons (Fsp3) is 0.304. The average molecular weight is 421 g/mol. The fourth-order valence-electron chi connectivity index (χ4n) is 4.70. The van der Waals surface area contributed by atoms with E-state index in [4.69, 9.17) is 23.7 Å². The van der Waals surface area contributed by atoms with Crippen molar-refractivity contribution in [3.05, 3.63) is 53.2 Å². The number of benzene rings is 2. The van der Waals surface area contributed by atoms with E-state index in [2.05, 4.69) is 4.98 Å².